The number of hydrogen-bond donors (Lipinski definition) is 3. The Kier molecular flexibility index (Phi) is 3.27. The molecule has 90 valence electrons. The molecule has 2 rings (SSSR count). The smallest absolute Gasteiger partial charge is 0.244 e. The van der Waals surface area contributed by atoms with Crippen molar-refractivity contribution in [3.63, 3.8) is 0 Å². The molecular weight excluding hydrogens is 228 g/mol. The molecule has 1 unspecified atom stereocenters. The summed E-state index contributed by atoms with van der Waals surface area (Å²) in [6.07, 6.45) is 3.22. The van der Waals surface area contributed by atoms with Crippen LogP contribution < -0.4 is 10.0 Å². The van der Waals surface area contributed by atoms with E-state index >= 15 is 0 Å². The largest absolute Gasteiger partial charge is 0.315 e. The Morgan fingerprint density at radius 1 is 1.56 bits per heavy atom. The fourth-order valence-corrected chi connectivity index (χ4v) is 3.25. The lowest BCUT2D eigenvalue weighted by Gasteiger charge is -2.23. The lowest BCUT2D eigenvalue weighted by Crippen LogP contribution is -2.45. The Balaban J connectivity index is 2.11. The Labute approximate surface area is 94.9 Å². The van der Waals surface area contributed by atoms with Crippen molar-refractivity contribution in [1.29, 1.82) is 0 Å². The van der Waals surface area contributed by atoms with Crippen molar-refractivity contribution >= 4 is 10.0 Å². The summed E-state index contributed by atoms with van der Waals surface area (Å²) in [6, 6.07) is -0.0203. The van der Waals surface area contributed by atoms with E-state index in [0.717, 1.165) is 19.4 Å². The molecule has 3 N–H and O–H groups in total. The third kappa shape index (κ3) is 2.42. The van der Waals surface area contributed by atoms with Gasteiger partial charge in [-0.25, -0.2) is 13.1 Å². The summed E-state index contributed by atoms with van der Waals surface area (Å²) in [5, 5.41) is 9.52. The van der Waals surface area contributed by atoms with Crippen molar-refractivity contribution in [2.24, 2.45) is 0 Å². The molecule has 1 aliphatic heterocycles. The fraction of sp³-hybridized carbons (Fsp3) is 0.667. The van der Waals surface area contributed by atoms with Gasteiger partial charge in [0, 0.05) is 12.6 Å². The normalized spacial score (nSPS) is 22.2. The van der Waals surface area contributed by atoms with E-state index in [1.807, 2.05) is 0 Å². The maximum atomic E-state index is 12.0. The molecule has 0 spiro atoms. The van der Waals surface area contributed by atoms with E-state index in [0.29, 0.717) is 12.2 Å². The van der Waals surface area contributed by atoms with Gasteiger partial charge in [0.15, 0.2) is 0 Å². The molecule has 0 aliphatic carbocycles. The molecule has 1 fully saturated rings. The first-order valence-corrected chi connectivity index (χ1v) is 6.81. The van der Waals surface area contributed by atoms with Crippen LogP contribution in [0.4, 0.5) is 0 Å². The van der Waals surface area contributed by atoms with Gasteiger partial charge in [0.05, 0.1) is 11.9 Å². The SMILES string of the molecule is Cc1[nH]ncc1S(=O)(=O)NC1CCCNC1. The molecule has 1 aliphatic rings. The topological polar surface area (TPSA) is 86.9 Å². The quantitative estimate of drug-likeness (QED) is 0.684. The lowest BCUT2D eigenvalue weighted by molar-refractivity contribution is 0.428. The Hall–Kier alpha value is -0.920. The van der Waals surface area contributed by atoms with Crippen LogP contribution in [0.5, 0.6) is 0 Å². The highest BCUT2D eigenvalue weighted by Crippen LogP contribution is 2.13. The summed E-state index contributed by atoms with van der Waals surface area (Å²) in [5.41, 5.74) is 0.566. The first kappa shape index (κ1) is 11.6. The molecule has 1 atom stereocenters. The molecule has 6 nitrogen and oxygen atoms in total. The number of hydrogen-bond acceptors (Lipinski definition) is 4. The number of aryl methyl sites for hydroxylation is 1. The first-order chi connectivity index (χ1) is 7.59. The van der Waals surface area contributed by atoms with Crippen molar-refractivity contribution < 1.29 is 8.42 Å². The third-order valence-electron chi connectivity index (χ3n) is 2.69. The van der Waals surface area contributed by atoms with E-state index in [1.165, 1.54) is 6.20 Å². The molecule has 1 aromatic rings. The Morgan fingerprint density at radius 3 is 2.94 bits per heavy atom. The van der Waals surface area contributed by atoms with E-state index in [9.17, 15) is 8.42 Å². The van der Waals surface area contributed by atoms with Crippen LogP contribution in [0.2, 0.25) is 0 Å². The van der Waals surface area contributed by atoms with Crippen LogP contribution in [0.15, 0.2) is 11.1 Å². The van der Waals surface area contributed by atoms with Crippen LogP contribution in [0.1, 0.15) is 18.5 Å². The number of nitrogens with one attached hydrogen (secondary N) is 3. The fourth-order valence-electron chi connectivity index (χ4n) is 1.85. The molecule has 0 saturated carbocycles. The second-order valence-electron chi connectivity index (χ2n) is 4.02. The minimum atomic E-state index is -3.43. The summed E-state index contributed by atoms with van der Waals surface area (Å²) >= 11 is 0. The van der Waals surface area contributed by atoms with E-state index in [-0.39, 0.29) is 10.9 Å². The number of nitrogens with zero attached hydrogens (tertiary/aromatic N) is 1. The highest BCUT2D eigenvalue weighted by Gasteiger charge is 2.23. The average molecular weight is 244 g/mol. The van der Waals surface area contributed by atoms with Gasteiger partial charge in [-0.15, -0.1) is 0 Å². The van der Waals surface area contributed by atoms with Crippen molar-refractivity contribution in [1.82, 2.24) is 20.2 Å². The summed E-state index contributed by atoms with van der Waals surface area (Å²) in [5.74, 6) is 0. The lowest BCUT2D eigenvalue weighted by atomic mass is 10.1. The molecule has 1 saturated heterocycles. The number of sulfonamides is 1. The molecule has 0 amide bonds. The summed E-state index contributed by atoms with van der Waals surface area (Å²) in [4.78, 5) is 0.234. The van der Waals surface area contributed by atoms with Gasteiger partial charge < -0.3 is 5.32 Å². The number of aromatic nitrogens is 2. The zero-order valence-corrected chi connectivity index (χ0v) is 9.97. The van der Waals surface area contributed by atoms with Crippen LogP contribution in [0.25, 0.3) is 0 Å². The molecule has 1 aromatic heterocycles. The zero-order chi connectivity index (χ0) is 11.6. The van der Waals surface area contributed by atoms with Gasteiger partial charge in [0.25, 0.3) is 0 Å². The maximum Gasteiger partial charge on any atom is 0.244 e. The van der Waals surface area contributed by atoms with E-state index in [2.05, 4.69) is 20.2 Å². The van der Waals surface area contributed by atoms with E-state index in [4.69, 9.17) is 0 Å². The molecule has 0 radical (unpaired) electrons. The predicted molar refractivity (Wildman–Crippen MR) is 59.5 cm³/mol. The number of piperidine rings is 1. The average Bonchev–Trinajstić information content (AvgIpc) is 2.66. The van der Waals surface area contributed by atoms with Gasteiger partial charge in [-0.3, -0.25) is 5.10 Å². The predicted octanol–water partition coefficient (Wildman–Crippen LogP) is -0.252. The highest BCUT2D eigenvalue weighted by molar-refractivity contribution is 7.89. The molecule has 0 aromatic carbocycles. The summed E-state index contributed by atoms with van der Waals surface area (Å²) < 4.78 is 26.7. The van der Waals surface area contributed by atoms with Crippen LogP contribution in [-0.2, 0) is 10.0 Å². The minimum Gasteiger partial charge on any atom is -0.315 e. The summed E-state index contributed by atoms with van der Waals surface area (Å²) in [6.45, 7) is 3.35. The standard InChI is InChI=1S/C9H16N4O2S/c1-7-9(6-11-12-7)16(14,15)13-8-3-2-4-10-5-8/h6,8,10,13H,2-5H2,1H3,(H,11,12). The van der Waals surface area contributed by atoms with Gasteiger partial charge >= 0.3 is 0 Å². The zero-order valence-electron chi connectivity index (χ0n) is 9.16. The van der Waals surface area contributed by atoms with Crippen molar-refractivity contribution in [2.45, 2.75) is 30.7 Å². The van der Waals surface area contributed by atoms with Gasteiger partial charge in [-0.05, 0) is 26.3 Å². The summed E-state index contributed by atoms with van der Waals surface area (Å²) in [7, 11) is -3.43. The van der Waals surface area contributed by atoms with Crippen LogP contribution in [0.3, 0.4) is 0 Å². The minimum absolute atomic E-state index is 0.0203. The monoisotopic (exact) mass is 244 g/mol. The molecule has 0 bridgehead atoms. The highest BCUT2D eigenvalue weighted by atomic mass is 32.2. The number of rotatable bonds is 3. The Bertz CT molecular complexity index is 448. The van der Waals surface area contributed by atoms with Gasteiger partial charge in [-0.2, -0.15) is 5.10 Å². The molecule has 7 heteroatoms. The van der Waals surface area contributed by atoms with E-state index < -0.39 is 10.0 Å². The van der Waals surface area contributed by atoms with Crippen molar-refractivity contribution in [3.05, 3.63) is 11.9 Å². The van der Waals surface area contributed by atoms with Crippen LogP contribution in [0, 0.1) is 6.92 Å². The molecular formula is C9H16N4O2S. The van der Waals surface area contributed by atoms with Crippen LogP contribution >= 0.6 is 0 Å². The third-order valence-corrected chi connectivity index (χ3v) is 4.33. The van der Waals surface area contributed by atoms with Crippen LogP contribution in [-0.4, -0.2) is 37.7 Å². The maximum absolute atomic E-state index is 12.0. The van der Waals surface area contributed by atoms with Gasteiger partial charge in [0.2, 0.25) is 10.0 Å². The second kappa shape index (κ2) is 4.52. The molecule has 2 heterocycles. The number of aromatic amines is 1. The van der Waals surface area contributed by atoms with E-state index in [1.54, 1.807) is 6.92 Å². The molecule has 16 heavy (non-hydrogen) atoms. The number of H-pyrrole nitrogens is 1. The van der Waals surface area contributed by atoms with Gasteiger partial charge in [0.1, 0.15) is 4.90 Å². The van der Waals surface area contributed by atoms with Crippen molar-refractivity contribution in [2.75, 3.05) is 13.1 Å². The van der Waals surface area contributed by atoms with Crippen molar-refractivity contribution in [3.8, 4) is 0 Å². The second-order valence-corrected chi connectivity index (χ2v) is 5.71. The first-order valence-electron chi connectivity index (χ1n) is 5.32. The van der Waals surface area contributed by atoms with Gasteiger partial charge in [-0.1, -0.05) is 0 Å². The Morgan fingerprint density at radius 2 is 2.38 bits per heavy atom.